The number of rotatable bonds is 7. The van der Waals surface area contributed by atoms with Crippen LogP contribution in [-0.2, 0) is 16.0 Å². The summed E-state index contributed by atoms with van der Waals surface area (Å²) in [6, 6.07) is 4.60. The number of aliphatic carboxylic acids is 1. The minimum Gasteiger partial charge on any atom is -0.535 e. The zero-order valence-corrected chi connectivity index (χ0v) is 15.4. The van der Waals surface area contributed by atoms with Crippen LogP contribution in [0.4, 0.5) is 5.13 Å². The van der Waals surface area contributed by atoms with E-state index in [1.807, 2.05) is 0 Å². The number of Topliss-reactive ketones (excluding diaryl/α,β-unsaturated/α-hetero) is 1. The summed E-state index contributed by atoms with van der Waals surface area (Å²) in [4.78, 5) is 39.3. The van der Waals surface area contributed by atoms with E-state index < -0.39 is 43.0 Å². The van der Waals surface area contributed by atoms with Crippen molar-refractivity contribution in [1.82, 2.24) is 4.98 Å². The molecule has 0 saturated heterocycles. The molecule has 1 aliphatic heterocycles. The second kappa shape index (κ2) is 7.99. The molecule has 0 amide bonds. The number of carbonyl (C=O) groups is 3. The molecule has 2 aromatic rings. The van der Waals surface area contributed by atoms with Crippen molar-refractivity contribution in [3.8, 4) is 5.75 Å². The Hall–Kier alpha value is -2.92. The highest BCUT2D eigenvalue weighted by Gasteiger charge is 2.39. The van der Waals surface area contributed by atoms with E-state index in [-0.39, 0.29) is 35.0 Å². The first-order valence-electron chi connectivity index (χ1n) is 8.41. The van der Waals surface area contributed by atoms with Crippen LogP contribution < -0.4 is 10.4 Å². The molecular weight excluding hydrogens is 387 g/mol. The molecule has 1 aromatic carbocycles. The van der Waals surface area contributed by atoms with Crippen LogP contribution in [0.1, 0.15) is 40.4 Å². The standard InChI is InChI=1S/C17H17BN2O7S/c19-17-20-12(7-28-17)11(6-14(22)23)13(21)5-9-4-8-2-1-3-10(16(24)25)15(8)27-18(9)26/h1-3,7,9,11,26H,4-6H2,(H2,19,20)(H,22,23)(H,24,25)/t9-,11?/m1/s1. The predicted octanol–water partition coefficient (Wildman–Crippen LogP) is 1.43. The number of ketones is 1. The zero-order chi connectivity index (χ0) is 20.4. The van der Waals surface area contributed by atoms with Crippen LogP contribution in [0.2, 0.25) is 5.82 Å². The topological polar surface area (TPSA) is 160 Å². The molecule has 28 heavy (non-hydrogen) atoms. The van der Waals surface area contributed by atoms with E-state index in [1.165, 1.54) is 6.07 Å². The van der Waals surface area contributed by atoms with E-state index in [0.717, 1.165) is 11.3 Å². The van der Waals surface area contributed by atoms with Gasteiger partial charge in [0.2, 0.25) is 0 Å². The van der Waals surface area contributed by atoms with Gasteiger partial charge < -0.3 is 25.6 Å². The Morgan fingerprint density at radius 1 is 1.36 bits per heavy atom. The summed E-state index contributed by atoms with van der Waals surface area (Å²) in [5.41, 5.74) is 6.37. The van der Waals surface area contributed by atoms with Gasteiger partial charge in [-0.25, -0.2) is 9.78 Å². The normalized spacial score (nSPS) is 16.8. The highest BCUT2D eigenvalue weighted by atomic mass is 32.1. The Morgan fingerprint density at radius 2 is 2.11 bits per heavy atom. The van der Waals surface area contributed by atoms with Crippen LogP contribution in [0.3, 0.4) is 0 Å². The van der Waals surface area contributed by atoms with Crippen molar-refractivity contribution < 1.29 is 34.3 Å². The number of benzene rings is 1. The summed E-state index contributed by atoms with van der Waals surface area (Å²) in [7, 11) is -1.39. The number of hydrogen-bond acceptors (Lipinski definition) is 8. The molecule has 0 radical (unpaired) electrons. The first-order chi connectivity index (χ1) is 13.3. The van der Waals surface area contributed by atoms with Gasteiger partial charge in [0.25, 0.3) is 0 Å². The van der Waals surface area contributed by atoms with Crippen LogP contribution in [0.5, 0.6) is 5.75 Å². The first-order valence-corrected chi connectivity index (χ1v) is 9.29. The second-order valence-corrected chi connectivity index (χ2v) is 7.39. The zero-order valence-electron chi connectivity index (χ0n) is 14.6. The average Bonchev–Trinajstić information content (AvgIpc) is 3.05. The molecule has 0 bridgehead atoms. The number of para-hydroxylation sites is 1. The lowest BCUT2D eigenvalue weighted by Crippen LogP contribution is -2.36. The van der Waals surface area contributed by atoms with Gasteiger partial charge in [-0.1, -0.05) is 12.1 Å². The number of carboxylic acids is 2. The third-order valence-electron chi connectivity index (χ3n) is 4.58. The van der Waals surface area contributed by atoms with Crippen molar-refractivity contribution >= 4 is 41.3 Å². The number of fused-ring (bicyclic) bond motifs is 1. The minimum absolute atomic E-state index is 0.0666. The van der Waals surface area contributed by atoms with Gasteiger partial charge in [-0.15, -0.1) is 11.3 Å². The van der Waals surface area contributed by atoms with Crippen molar-refractivity contribution in [2.24, 2.45) is 0 Å². The van der Waals surface area contributed by atoms with E-state index in [1.54, 1.807) is 17.5 Å². The highest BCUT2D eigenvalue weighted by molar-refractivity contribution is 7.13. The quantitative estimate of drug-likeness (QED) is 0.501. The maximum atomic E-state index is 12.8. The Balaban J connectivity index is 1.80. The molecule has 3 rings (SSSR count). The van der Waals surface area contributed by atoms with Gasteiger partial charge >= 0.3 is 19.1 Å². The fourth-order valence-corrected chi connectivity index (χ4v) is 3.86. The number of thiazole rings is 1. The van der Waals surface area contributed by atoms with E-state index in [2.05, 4.69) is 4.98 Å². The summed E-state index contributed by atoms with van der Waals surface area (Å²) in [6.45, 7) is 0. The molecule has 2 atom stereocenters. The molecule has 1 unspecified atom stereocenters. The summed E-state index contributed by atoms with van der Waals surface area (Å²) < 4.78 is 5.38. The number of aromatic nitrogens is 1. The van der Waals surface area contributed by atoms with E-state index in [4.69, 9.17) is 15.5 Å². The molecular formula is C17H17BN2O7S. The van der Waals surface area contributed by atoms with Crippen molar-refractivity contribution in [3.05, 3.63) is 40.4 Å². The molecule has 9 nitrogen and oxygen atoms in total. The number of aromatic carboxylic acids is 1. The lowest BCUT2D eigenvalue weighted by molar-refractivity contribution is -0.139. The maximum Gasteiger partial charge on any atom is 0.526 e. The lowest BCUT2D eigenvalue weighted by Gasteiger charge is -2.28. The van der Waals surface area contributed by atoms with E-state index >= 15 is 0 Å². The van der Waals surface area contributed by atoms with Crippen molar-refractivity contribution in [2.45, 2.75) is 31.0 Å². The SMILES string of the molecule is Nc1nc(C(CC(=O)O)C(=O)C[C@H]2Cc3cccc(C(=O)O)c3OB2O)cs1. The van der Waals surface area contributed by atoms with Crippen LogP contribution >= 0.6 is 11.3 Å². The second-order valence-electron chi connectivity index (χ2n) is 6.50. The Labute approximate surface area is 163 Å². The number of hydrogen-bond donors (Lipinski definition) is 4. The molecule has 11 heteroatoms. The third-order valence-corrected chi connectivity index (χ3v) is 5.27. The van der Waals surface area contributed by atoms with Crippen molar-refractivity contribution in [1.29, 1.82) is 0 Å². The summed E-state index contributed by atoms with van der Waals surface area (Å²) >= 11 is 1.11. The molecule has 0 fully saturated rings. The van der Waals surface area contributed by atoms with E-state index in [9.17, 15) is 24.5 Å². The van der Waals surface area contributed by atoms with Crippen LogP contribution in [0, 0.1) is 0 Å². The average molecular weight is 404 g/mol. The van der Waals surface area contributed by atoms with Crippen molar-refractivity contribution in [2.75, 3.05) is 5.73 Å². The first kappa shape index (κ1) is 19.8. The minimum atomic E-state index is -1.39. The van der Waals surface area contributed by atoms with Gasteiger partial charge in [0.1, 0.15) is 11.5 Å². The van der Waals surface area contributed by atoms with E-state index in [0.29, 0.717) is 5.56 Å². The number of anilines is 1. The Morgan fingerprint density at radius 3 is 2.71 bits per heavy atom. The van der Waals surface area contributed by atoms with Gasteiger partial charge in [0, 0.05) is 17.6 Å². The molecule has 0 spiro atoms. The van der Waals surface area contributed by atoms with Crippen LogP contribution in [-0.4, -0.2) is 45.1 Å². The van der Waals surface area contributed by atoms with Crippen molar-refractivity contribution in [3.63, 3.8) is 0 Å². The van der Waals surface area contributed by atoms with Gasteiger partial charge in [-0.3, -0.25) is 9.59 Å². The largest absolute Gasteiger partial charge is 0.535 e. The molecule has 1 aliphatic rings. The number of nitrogen functional groups attached to an aromatic ring is 1. The van der Waals surface area contributed by atoms with Crippen LogP contribution in [0.25, 0.3) is 0 Å². The summed E-state index contributed by atoms with van der Waals surface area (Å²) in [6.07, 6.45) is -0.360. The third kappa shape index (κ3) is 4.15. The maximum absolute atomic E-state index is 12.8. The molecule has 146 valence electrons. The summed E-state index contributed by atoms with van der Waals surface area (Å²) in [5, 5.41) is 30.4. The Kier molecular flexibility index (Phi) is 5.66. The monoisotopic (exact) mass is 404 g/mol. The predicted molar refractivity (Wildman–Crippen MR) is 101 cm³/mol. The Bertz CT molecular complexity index is 932. The molecule has 0 saturated carbocycles. The molecule has 1 aromatic heterocycles. The number of nitrogens with two attached hydrogens (primary N) is 1. The number of nitrogens with zero attached hydrogens (tertiary/aromatic N) is 1. The lowest BCUT2D eigenvalue weighted by atomic mass is 9.63. The van der Waals surface area contributed by atoms with Gasteiger partial charge in [0.05, 0.1) is 23.6 Å². The smallest absolute Gasteiger partial charge is 0.526 e. The van der Waals surface area contributed by atoms with Crippen LogP contribution in [0.15, 0.2) is 23.6 Å². The van der Waals surface area contributed by atoms with Gasteiger partial charge in [-0.2, -0.15) is 0 Å². The highest BCUT2D eigenvalue weighted by Crippen LogP contribution is 2.37. The fourth-order valence-electron chi connectivity index (χ4n) is 3.25. The van der Waals surface area contributed by atoms with Gasteiger partial charge in [0.15, 0.2) is 5.13 Å². The molecule has 2 heterocycles. The molecule has 0 aliphatic carbocycles. The molecule has 5 N–H and O–H groups in total. The van der Waals surface area contributed by atoms with Gasteiger partial charge in [-0.05, 0) is 18.1 Å². The fraction of sp³-hybridized carbons (Fsp3) is 0.294. The number of carbonyl (C=O) groups excluding carboxylic acids is 1. The number of carboxylic acid groups (broad SMARTS) is 2. The summed E-state index contributed by atoms with van der Waals surface area (Å²) in [5.74, 6) is -4.27.